The van der Waals surface area contributed by atoms with Gasteiger partial charge in [-0.3, -0.25) is 4.79 Å². The van der Waals surface area contributed by atoms with Crippen LogP contribution in [0.25, 0.3) is 0 Å². The molecule has 4 nitrogen and oxygen atoms in total. The summed E-state index contributed by atoms with van der Waals surface area (Å²) in [5, 5.41) is 3.24. The summed E-state index contributed by atoms with van der Waals surface area (Å²) in [4.78, 5) is 13.1. The van der Waals surface area contributed by atoms with Crippen molar-refractivity contribution in [3.63, 3.8) is 0 Å². The molecule has 1 aliphatic heterocycles. The molecule has 1 N–H and O–H groups in total. The van der Waals surface area contributed by atoms with Gasteiger partial charge < -0.3 is 14.5 Å². The van der Waals surface area contributed by atoms with E-state index >= 15 is 0 Å². The Morgan fingerprint density at radius 2 is 1.70 bits per heavy atom. The third kappa shape index (κ3) is 2.74. The lowest BCUT2D eigenvalue weighted by atomic mass is 10.0. The average molecular weight is 317 g/mol. The van der Waals surface area contributed by atoms with Crippen LogP contribution in [0.4, 0.5) is 5.69 Å². The van der Waals surface area contributed by atoms with Gasteiger partial charge in [0, 0.05) is 18.5 Å². The number of likely N-dealkylation sites (N-methyl/N-ethyl adjacent to an activating group) is 1. The van der Waals surface area contributed by atoms with Crippen molar-refractivity contribution in [3.8, 4) is 5.75 Å². The lowest BCUT2D eigenvalue weighted by molar-refractivity contribution is -0.938. The van der Waals surface area contributed by atoms with Gasteiger partial charge in [-0.05, 0) is 56.4 Å². The van der Waals surface area contributed by atoms with E-state index in [2.05, 4.69) is 12.4 Å². The molecule has 1 aliphatic carbocycles. The molecule has 0 unspecified atom stereocenters. The lowest BCUT2D eigenvalue weighted by Crippen LogP contribution is -2.61. The molecule has 1 amide bonds. The number of carbonyl (C=O) groups is 1. The first-order valence-corrected chi connectivity index (χ1v) is 8.73. The minimum atomic E-state index is -0.195. The SMILES string of the molecule is COc1cc(C)c(NC(=O)C2([N+]3(C)CCCCC3)CC2)c(C)c1. The molecule has 1 aromatic carbocycles. The van der Waals surface area contributed by atoms with Crippen LogP contribution >= 0.6 is 0 Å². The minimum Gasteiger partial charge on any atom is -0.497 e. The van der Waals surface area contributed by atoms with Crippen molar-refractivity contribution in [3.05, 3.63) is 23.3 Å². The second kappa shape index (κ2) is 5.82. The number of likely N-dealkylation sites (tertiary alicyclic amines) is 1. The largest absolute Gasteiger partial charge is 0.497 e. The zero-order valence-electron chi connectivity index (χ0n) is 14.9. The first-order valence-electron chi connectivity index (χ1n) is 8.73. The van der Waals surface area contributed by atoms with Gasteiger partial charge in [0.05, 0.1) is 27.2 Å². The minimum absolute atomic E-state index is 0.195. The summed E-state index contributed by atoms with van der Waals surface area (Å²) in [7, 11) is 3.95. The fourth-order valence-corrected chi connectivity index (χ4v) is 4.24. The monoisotopic (exact) mass is 317 g/mol. The van der Waals surface area contributed by atoms with E-state index in [1.165, 1.54) is 19.3 Å². The summed E-state index contributed by atoms with van der Waals surface area (Å²) in [5.74, 6) is 1.05. The third-order valence-electron chi connectivity index (χ3n) is 5.96. The van der Waals surface area contributed by atoms with Gasteiger partial charge in [-0.1, -0.05) is 0 Å². The maximum absolute atomic E-state index is 13.1. The highest BCUT2D eigenvalue weighted by molar-refractivity contribution is 6.00. The Balaban J connectivity index is 1.82. The van der Waals surface area contributed by atoms with Crippen molar-refractivity contribution >= 4 is 11.6 Å². The molecule has 1 aromatic rings. The van der Waals surface area contributed by atoms with Gasteiger partial charge in [-0.25, -0.2) is 0 Å². The topological polar surface area (TPSA) is 38.3 Å². The summed E-state index contributed by atoms with van der Waals surface area (Å²) in [5.41, 5.74) is 2.88. The normalized spacial score (nSPS) is 21.6. The maximum Gasteiger partial charge on any atom is 0.285 e. The smallest absolute Gasteiger partial charge is 0.285 e. The number of nitrogens with zero attached hydrogens (tertiary/aromatic N) is 1. The Labute approximate surface area is 139 Å². The summed E-state index contributed by atoms with van der Waals surface area (Å²) >= 11 is 0. The van der Waals surface area contributed by atoms with Gasteiger partial charge in [0.15, 0.2) is 5.54 Å². The van der Waals surface area contributed by atoms with Crippen LogP contribution in [0.1, 0.15) is 43.2 Å². The number of benzene rings is 1. The summed E-state index contributed by atoms with van der Waals surface area (Å²) < 4.78 is 6.23. The van der Waals surface area contributed by atoms with Crippen molar-refractivity contribution in [2.75, 3.05) is 32.6 Å². The van der Waals surface area contributed by atoms with Crippen LogP contribution < -0.4 is 10.1 Å². The predicted octanol–water partition coefficient (Wildman–Crippen LogP) is 3.41. The molecule has 1 saturated heterocycles. The summed E-state index contributed by atoms with van der Waals surface area (Å²) in [6, 6.07) is 3.97. The number of carbonyl (C=O) groups excluding carboxylic acids is 1. The van der Waals surface area contributed by atoms with Crippen LogP contribution in [-0.2, 0) is 4.79 Å². The van der Waals surface area contributed by atoms with Crippen molar-refractivity contribution in [2.45, 2.75) is 51.5 Å². The number of hydrogen-bond donors (Lipinski definition) is 1. The van der Waals surface area contributed by atoms with E-state index in [1.54, 1.807) is 7.11 Å². The highest BCUT2D eigenvalue weighted by Crippen LogP contribution is 2.48. The molecule has 126 valence electrons. The Bertz CT molecular complexity index is 591. The molecule has 4 heteroatoms. The number of quaternary nitrogens is 1. The number of hydrogen-bond acceptors (Lipinski definition) is 2. The number of rotatable bonds is 4. The standard InChI is InChI=1S/C19H28N2O2/c1-14-12-16(23-4)13-15(2)17(14)20-18(22)19(8-9-19)21(3)10-6-5-7-11-21/h12-13H,5-11H2,1-4H3/p+1. The first kappa shape index (κ1) is 16.3. The van der Waals surface area contributed by atoms with E-state index in [0.717, 1.165) is 53.0 Å². The molecule has 0 aromatic heterocycles. The van der Waals surface area contributed by atoms with Crippen LogP contribution in [0, 0.1) is 13.8 Å². The second-order valence-electron chi connectivity index (χ2n) is 7.53. The molecular formula is C19H29N2O2+. The Morgan fingerprint density at radius 1 is 1.13 bits per heavy atom. The van der Waals surface area contributed by atoms with Gasteiger partial charge in [0.1, 0.15) is 5.75 Å². The molecule has 0 bridgehead atoms. The highest BCUT2D eigenvalue weighted by atomic mass is 16.5. The fourth-order valence-electron chi connectivity index (χ4n) is 4.24. The Hall–Kier alpha value is -1.55. The number of ether oxygens (including phenoxy) is 1. The molecular weight excluding hydrogens is 288 g/mol. The lowest BCUT2D eigenvalue weighted by Gasteiger charge is -2.44. The van der Waals surface area contributed by atoms with Crippen molar-refractivity contribution in [1.29, 1.82) is 0 Å². The molecule has 0 radical (unpaired) electrons. The third-order valence-corrected chi connectivity index (χ3v) is 5.96. The molecule has 2 fully saturated rings. The Kier molecular flexibility index (Phi) is 4.13. The fraction of sp³-hybridized carbons (Fsp3) is 0.632. The van der Waals surface area contributed by atoms with Crippen molar-refractivity contribution < 1.29 is 14.0 Å². The highest BCUT2D eigenvalue weighted by Gasteiger charge is 2.64. The number of nitrogens with one attached hydrogen (secondary N) is 1. The molecule has 23 heavy (non-hydrogen) atoms. The first-order chi connectivity index (χ1) is 10.9. The molecule has 1 saturated carbocycles. The predicted molar refractivity (Wildman–Crippen MR) is 92.8 cm³/mol. The van der Waals surface area contributed by atoms with Gasteiger partial charge in [0.2, 0.25) is 0 Å². The van der Waals surface area contributed by atoms with E-state index < -0.39 is 0 Å². The summed E-state index contributed by atoms with van der Waals surface area (Å²) in [6.45, 7) is 6.33. The number of methoxy groups -OCH3 is 1. The van der Waals surface area contributed by atoms with Crippen LogP contribution in [0.5, 0.6) is 5.75 Å². The van der Waals surface area contributed by atoms with Gasteiger partial charge in [-0.15, -0.1) is 0 Å². The molecule has 3 rings (SSSR count). The van der Waals surface area contributed by atoms with Gasteiger partial charge in [0.25, 0.3) is 5.91 Å². The van der Waals surface area contributed by atoms with E-state index in [1.807, 2.05) is 26.0 Å². The van der Waals surface area contributed by atoms with E-state index in [0.29, 0.717) is 0 Å². The number of aryl methyl sites for hydroxylation is 2. The van der Waals surface area contributed by atoms with Crippen LogP contribution in [-0.4, -0.2) is 43.2 Å². The van der Waals surface area contributed by atoms with Gasteiger partial charge in [-0.2, -0.15) is 0 Å². The molecule has 0 spiro atoms. The number of anilines is 1. The van der Waals surface area contributed by atoms with E-state index in [-0.39, 0.29) is 11.4 Å². The maximum atomic E-state index is 13.1. The van der Waals surface area contributed by atoms with Crippen LogP contribution in [0.15, 0.2) is 12.1 Å². The van der Waals surface area contributed by atoms with Gasteiger partial charge >= 0.3 is 0 Å². The molecule has 1 heterocycles. The molecule has 2 aliphatic rings. The average Bonchev–Trinajstić information content (AvgIpc) is 3.33. The van der Waals surface area contributed by atoms with Crippen LogP contribution in [0.2, 0.25) is 0 Å². The summed E-state index contributed by atoms with van der Waals surface area (Å²) in [6.07, 6.45) is 5.83. The number of amides is 1. The zero-order valence-corrected chi connectivity index (χ0v) is 14.9. The van der Waals surface area contributed by atoms with Crippen molar-refractivity contribution in [1.82, 2.24) is 0 Å². The van der Waals surface area contributed by atoms with Crippen molar-refractivity contribution in [2.24, 2.45) is 0 Å². The van der Waals surface area contributed by atoms with Crippen LogP contribution in [0.3, 0.4) is 0 Å². The Morgan fingerprint density at radius 3 is 2.17 bits per heavy atom. The molecule has 0 atom stereocenters. The zero-order chi connectivity index (χ0) is 16.7. The number of piperidine rings is 1. The quantitative estimate of drug-likeness (QED) is 0.864. The van der Waals surface area contributed by atoms with E-state index in [4.69, 9.17) is 4.74 Å². The second-order valence-corrected chi connectivity index (χ2v) is 7.53. The van der Waals surface area contributed by atoms with E-state index in [9.17, 15) is 4.79 Å².